The minimum Gasteiger partial charge on any atom is -0.235 e. The van der Waals surface area contributed by atoms with E-state index in [9.17, 15) is 8.78 Å². The zero-order valence-corrected chi connectivity index (χ0v) is 8.53. The summed E-state index contributed by atoms with van der Waals surface area (Å²) in [7, 11) is 0. The van der Waals surface area contributed by atoms with Gasteiger partial charge in [-0.05, 0) is 42.5 Å². The van der Waals surface area contributed by atoms with E-state index < -0.39 is 11.6 Å². The second kappa shape index (κ2) is 3.40. The van der Waals surface area contributed by atoms with Crippen LogP contribution in [0.1, 0.15) is 24.3 Å². The van der Waals surface area contributed by atoms with Gasteiger partial charge >= 0.3 is 0 Å². The van der Waals surface area contributed by atoms with E-state index >= 15 is 0 Å². The Hall–Kier alpha value is -1.71. The van der Waals surface area contributed by atoms with Crippen molar-refractivity contribution in [3.05, 3.63) is 47.8 Å². The van der Waals surface area contributed by atoms with Crippen molar-refractivity contribution in [2.24, 2.45) is 0 Å². The highest BCUT2D eigenvalue weighted by Gasteiger charge is 2.26. The Labute approximate surface area is 91.5 Å². The maximum atomic E-state index is 13.8. The number of nitrogens with zero attached hydrogens (tertiary/aromatic N) is 2. The van der Waals surface area contributed by atoms with Crippen LogP contribution in [0.4, 0.5) is 8.78 Å². The Bertz CT molecular complexity index is 493. The van der Waals surface area contributed by atoms with Crippen molar-refractivity contribution in [1.29, 1.82) is 0 Å². The molecule has 0 atom stereocenters. The Balaban J connectivity index is 2.12. The SMILES string of the molecule is Fc1cc(C2CC2)cc(F)c1-n1cccn1. The molecule has 0 radical (unpaired) electrons. The van der Waals surface area contributed by atoms with E-state index in [1.807, 2.05) is 0 Å². The molecular formula is C12H10F2N2. The third-order valence-corrected chi connectivity index (χ3v) is 2.82. The Morgan fingerprint density at radius 2 is 1.88 bits per heavy atom. The zero-order valence-electron chi connectivity index (χ0n) is 8.53. The molecule has 1 saturated carbocycles. The minimum absolute atomic E-state index is 0.102. The second-order valence-electron chi connectivity index (χ2n) is 4.06. The molecule has 1 aromatic heterocycles. The van der Waals surface area contributed by atoms with Gasteiger partial charge < -0.3 is 0 Å². The van der Waals surface area contributed by atoms with Gasteiger partial charge in [0.25, 0.3) is 0 Å². The molecule has 0 bridgehead atoms. The Kier molecular flexibility index (Phi) is 2.02. The normalized spacial score (nSPS) is 15.4. The van der Waals surface area contributed by atoms with E-state index in [1.54, 1.807) is 6.07 Å². The van der Waals surface area contributed by atoms with Crippen LogP contribution in [-0.4, -0.2) is 9.78 Å². The highest BCUT2D eigenvalue weighted by atomic mass is 19.1. The molecule has 1 aliphatic carbocycles. The summed E-state index contributed by atoms with van der Waals surface area (Å²) in [6.45, 7) is 0. The molecule has 1 aliphatic rings. The summed E-state index contributed by atoms with van der Waals surface area (Å²) in [6, 6.07) is 4.46. The number of rotatable bonds is 2. The van der Waals surface area contributed by atoms with Gasteiger partial charge in [-0.3, -0.25) is 0 Å². The van der Waals surface area contributed by atoms with Crippen molar-refractivity contribution in [3.63, 3.8) is 0 Å². The first kappa shape index (κ1) is 9.51. The first-order valence-corrected chi connectivity index (χ1v) is 5.24. The minimum atomic E-state index is -0.550. The molecule has 1 heterocycles. The van der Waals surface area contributed by atoms with Crippen LogP contribution in [0.5, 0.6) is 0 Å². The number of hydrogen-bond acceptors (Lipinski definition) is 1. The summed E-state index contributed by atoms with van der Waals surface area (Å²) in [4.78, 5) is 0. The fourth-order valence-electron chi connectivity index (χ4n) is 1.86. The van der Waals surface area contributed by atoms with E-state index in [0.29, 0.717) is 5.92 Å². The molecule has 0 saturated heterocycles. The molecule has 4 heteroatoms. The quantitative estimate of drug-likeness (QED) is 0.760. The number of aromatic nitrogens is 2. The van der Waals surface area contributed by atoms with Crippen molar-refractivity contribution in [3.8, 4) is 5.69 Å². The molecule has 1 aromatic carbocycles. The lowest BCUT2D eigenvalue weighted by molar-refractivity contribution is 0.557. The summed E-state index contributed by atoms with van der Waals surface area (Å²) in [5.41, 5.74) is 0.653. The largest absolute Gasteiger partial charge is 0.235 e. The highest BCUT2D eigenvalue weighted by Crippen LogP contribution is 2.41. The molecule has 0 N–H and O–H groups in total. The predicted molar refractivity (Wildman–Crippen MR) is 55.5 cm³/mol. The van der Waals surface area contributed by atoms with Crippen LogP contribution >= 0.6 is 0 Å². The van der Waals surface area contributed by atoms with E-state index in [2.05, 4.69) is 5.10 Å². The molecule has 0 amide bonds. The Morgan fingerprint density at radius 1 is 1.19 bits per heavy atom. The van der Waals surface area contributed by atoms with Crippen molar-refractivity contribution >= 4 is 0 Å². The molecule has 0 spiro atoms. The van der Waals surface area contributed by atoms with Crippen molar-refractivity contribution in [2.45, 2.75) is 18.8 Å². The lowest BCUT2D eigenvalue weighted by atomic mass is 10.1. The number of hydrogen-bond donors (Lipinski definition) is 0. The van der Waals surface area contributed by atoms with Crippen LogP contribution in [-0.2, 0) is 0 Å². The van der Waals surface area contributed by atoms with Gasteiger partial charge in [0.1, 0.15) is 5.69 Å². The molecule has 1 fully saturated rings. The van der Waals surface area contributed by atoms with Crippen molar-refractivity contribution in [2.75, 3.05) is 0 Å². The maximum absolute atomic E-state index is 13.8. The van der Waals surface area contributed by atoms with Crippen molar-refractivity contribution in [1.82, 2.24) is 9.78 Å². The van der Waals surface area contributed by atoms with Gasteiger partial charge in [0.2, 0.25) is 0 Å². The van der Waals surface area contributed by atoms with Crippen LogP contribution in [0.15, 0.2) is 30.6 Å². The van der Waals surface area contributed by atoms with Gasteiger partial charge in [-0.15, -0.1) is 0 Å². The average molecular weight is 220 g/mol. The molecule has 82 valence electrons. The van der Waals surface area contributed by atoms with Gasteiger partial charge in [0.15, 0.2) is 11.6 Å². The molecular weight excluding hydrogens is 210 g/mol. The molecule has 3 rings (SSSR count). The molecule has 16 heavy (non-hydrogen) atoms. The Morgan fingerprint density at radius 3 is 2.38 bits per heavy atom. The first-order chi connectivity index (χ1) is 7.75. The summed E-state index contributed by atoms with van der Waals surface area (Å²) in [5.74, 6) is -0.758. The summed E-state index contributed by atoms with van der Waals surface area (Å²) in [5, 5.41) is 3.83. The van der Waals surface area contributed by atoms with E-state index in [1.165, 1.54) is 29.2 Å². The molecule has 2 nitrogen and oxygen atoms in total. The van der Waals surface area contributed by atoms with E-state index in [4.69, 9.17) is 0 Å². The fourth-order valence-corrected chi connectivity index (χ4v) is 1.86. The topological polar surface area (TPSA) is 17.8 Å². The van der Waals surface area contributed by atoms with Gasteiger partial charge in [0, 0.05) is 12.4 Å². The van der Waals surface area contributed by atoms with Gasteiger partial charge in [0.05, 0.1) is 0 Å². The first-order valence-electron chi connectivity index (χ1n) is 5.24. The third kappa shape index (κ3) is 1.50. The maximum Gasteiger partial charge on any atom is 0.152 e. The fraction of sp³-hybridized carbons (Fsp3) is 0.250. The standard InChI is InChI=1S/C12H10F2N2/c13-10-6-9(8-2-3-8)7-11(14)12(10)16-5-1-4-15-16/h1,4-8H,2-3H2. The predicted octanol–water partition coefficient (Wildman–Crippen LogP) is 3.03. The third-order valence-electron chi connectivity index (χ3n) is 2.82. The number of benzene rings is 1. The van der Waals surface area contributed by atoms with E-state index in [-0.39, 0.29) is 5.69 Å². The molecule has 2 aromatic rings. The number of halogens is 2. The van der Waals surface area contributed by atoms with Crippen LogP contribution in [0.2, 0.25) is 0 Å². The van der Waals surface area contributed by atoms with Gasteiger partial charge in [-0.25, -0.2) is 13.5 Å². The summed E-state index contributed by atoms with van der Waals surface area (Å²) < 4.78 is 28.7. The van der Waals surface area contributed by atoms with Gasteiger partial charge in [-0.2, -0.15) is 5.10 Å². The average Bonchev–Trinajstić information content (AvgIpc) is 2.96. The lowest BCUT2D eigenvalue weighted by Gasteiger charge is -2.07. The molecule has 0 unspecified atom stereocenters. The second-order valence-corrected chi connectivity index (χ2v) is 4.06. The van der Waals surface area contributed by atoms with Crippen LogP contribution in [0.25, 0.3) is 5.69 Å². The highest BCUT2D eigenvalue weighted by molar-refractivity contribution is 5.39. The van der Waals surface area contributed by atoms with Crippen LogP contribution in [0.3, 0.4) is 0 Å². The van der Waals surface area contributed by atoms with Gasteiger partial charge in [-0.1, -0.05) is 0 Å². The monoisotopic (exact) mass is 220 g/mol. The lowest BCUT2D eigenvalue weighted by Crippen LogP contribution is -2.03. The molecule has 0 aliphatic heterocycles. The summed E-state index contributed by atoms with van der Waals surface area (Å²) >= 11 is 0. The zero-order chi connectivity index (χ0) is 11.1. The van der Waals surface area contributed by atoms with Crippen molar-refractivity contribution < 1.29 is 8.78 Å². The van der Waals surface area contributed by atoms with Crippen LogP contribution < -0.4 is 0 Å². The van der Waals surface area contributed by atoms with Crippen LogP contribution in [0, 0.1) is 11.6 Å². The van der Waals surface area contributed by atoms with E-state index in [0.717, 1.165) is 18.4 Å². The smallest absolute Gasteiger partial charge is 0.152 e. The summed E-state index contributed by atoms with van der Waals surface area (Å²) in [6.07, 6.45) is 5.08.